The van der Waals surface area contributed by atoms with E-state index < -0.39 is 0 Å². The summed E-state index contributed by atoms with van der Waals surface area (Å²) in [6, 6.07) is 7.31. The van der Waals surface area contributed by atoms with Crippen molar-refractivity contribution in [1.82, 2.24) is 9.97 Å². The zero-order valence-corrected chi connectivity index (χ0v) is 11.9. The Bertz CT molecular complexity index is 543. The number of halogens is 2. The molecule has 2 aromatic heterocycles. The van der Waals surface area contributed by atoms with E-state index in [1.165, 1.54) is 0 Å². The van der Waals surface area contributed by atoms with Gasteiger partial charge in [-0.3, -0.25) is 14.8 Å². The second-order valence-corrected chi connectivity index (χ2v) is 5.18. The molecular weight excluding hydrogens is 348 g/mol. The highest BCUT2D eigenvalue weighted by Crippen LogP contribution is 2.20. The summed E-state index contributed by atoms with van der Waals surface area (Å²) in [5.41, 5.74) is 1.17. The topological polar surface area (TPSA) is 42.9 Å². The average Bonchev–Trinajstić information content (AvgIpc) is 2.30. The fourth-order valence-electron chi connectivity index (χ4n) is 1.37. The van der Waals surface area contributed by atoms with Gasteiger partial charge in [0, 0.05) is 27.0 Å². The summed E-state index contributed by atoms with van der Waals surface area (Å²) in [5, 5.41) is 0. The largest absolute Gasteiger partial charge is 0.292 e. The van der Waals surface area contributed by atoms with Crippen LogP contribution < -0.4 is 0 Å². The Morgan fingerprint density at radius 3 is 2.71 bits per heavy atom. The van der Waals surface area contributed by atoms with Crippen molar-refractivity contribution in [3.63, 3.8) is 0 Å². The number of carbonyl (C=O) groups is 1. The molecule has 0 atom stereocenters. The molecule has 0 radical (unpaired) electrons. The second kappa shape index (κ2) is 5.51. The van der Waals surface area contributed by atoms with Crippen molar-refractivity contribution in [2.24, 2.45) is 0 Å². The van der Waals surface area contributed by atoms with Crippen LogP contribution in [0.2, 0.25) is 0 Å². The molecule has 0 unspecified atom stereocenters. The Kier molecular flexibility index (Phi) is 4.02. The van der Waals surface area contributed by atoms with Crippen LogP contribution in [0.5, 0.6) is 0 Å². The van der Waals surface area contributed by atoms with Crippen molar-refractivity contribution in [1.29, 1.82) is 0 Å². The number of ketones is 1. The molecule has 86 valence electrons. The van der Waals surface area contributed by atoms with Crippen LogP contribution in [0.15, 0.2) is 45.6 Å². The maximum absolute atomic E-state index is 12.0. The predicted octanol–water partition coefficient (Wildman–Crippen LogP) is 3.43. The van der Waals surface area contributed by atoms with Gasteiger partial charge in [-0.25, -0.2) is 0 Å². The third-order valence-electron chi connectivity index (χ3n) is 2.14. The Balaban J connectivity index is 2.21. The van der Waals surface area contributed by atoms with Crippen molar-refractivity contribution in [3.8, 4) is 0 Å². The smallest absolute Gasteiger partial charge is 0.188 e. The van der Waals surface area contributed by atoms with E-state index in [9.17, 15) is 4.79 Å². The maximum atomic E-state index is 12.0. The number of nitrogens with zero attached hydrogens (tertiary/aromatic N) is 2. The molecular formula is C12H8Br2N2O. The molecule has 2 rings (SSSR count). The van der Waals surface area contributed by atoms with Gasteiger partial charge in [0.2, 0.25) is 0 Å². The first-order chi connectivity index (χ1) is 8.16. The van der Waals surface area contributed by atoms with Gasteiger partial charge in [0.25, 0.3) is 0 Å². The summed E-state index contributed by atoms with van der Waals surface area (Å²) >= 11 is 6.62. The minimum atomic E-state index is -0.0527. The third kappa shape index (κ3) is 3.20. The summed E-state index contributed by atoms with van der Waals surface area (Å²) in [6.45, 7) is 0. The molecule has 17 heavy (non-hydrogen) atoms. The van der Waals surface area contributed by atoms with Gasteiger partial charge < -0.3 is 0 Å². The standard InChI is InChI=1S/C12H8Br2N2O/c13-8-5-10(14)12(16-7-8)11(17)6-9-3-1-2-4-15-9/h1-5,7H,6H2. The highest BCUT2D eigenvalue weighted by molar-refractivity contribution is 9.11. The quantitative estimate of drug-likeness (QED) is 0.792. The number of Topliss-reactive ketones (excluding diaryl/α,β-unsaturated/α-hetero) is 1. The van der Waals surface area contributed by atoms with E-state index >= 15 is 0 Å². The molecule has 2 aromatic rings. The zero-order valence-electron chi connectivity index (χ0n) is 8.73. The molecule has 0 aliphatic rings. The highest BCUT2D eigenvalue weighted by atomic mass is 79.9. The van der Waals surface area contributed by atoms with Gasteiger partial charge >= 0.3 is 0 Å². The van der Waals surface area contributed by atoms with Crippen molar-refractivity contribution in [2.75, 3.05) is 0 Å². The van der Waals surface area contributed by atoms with Crippen molar-refractivity contribution in [2.45, 2.75) is 6.42 Å². The van der Waals surface area contributed by atoms with Gasteiger partial charge in [-0.1, -0.05) is 6.07 Å². The average molecular weight is 356 g/mol. The third-order valence-corrected chi connectivity index (χ3v) is 3.18. The van der Waals surface area contributed by atoms with Gasteiger partial charge in [0.1, 0.15) is 5.69 Å². The molecule has 2 heterocycles. The van der Waals surface area contributed by atoms with Crippen LogP contribution in [-0.4, -0.2) is 15.8 Å². The summed E-state index contributed by atoms with van der Waals surface area (Å²) in [5.74, 6) is -0.0527. The number of rotatable bonds is 3. The molecule has 0 bridgehead atoms. The Morgan fingerprint density at radius 1 is 1.24 bits per heavy atom. The van der Waals surface area contributed by atoms with E-state index in [2.05, 4.69) is 41.8 Å². The number of pyridine rings is 2. The van der Waals surface area contributed by atoms with Gasteiger partial charge in [-0.2, -0.15) is 0 Å². The van der Waals surface area contributed by atoms with Crippen LogP contribution in [-0.2, 0) is 6.42 Å². The molecule has 5 heteroatoms. The molecule has 0 N–H and O–H groups in total. The van der Waals surface area contributed by atoms with Crippen LogP contribution >= 0.6 is 31.9 Å². The second-order valence-electron chi connectivity index (χ2n) is 3.40. The lowest BCUT2D eigenvalue weighted by atomic mass is 10.1. The van der Waals surface area contributed by atoms with E-state index in [1.807, 2.05) is 18.2 Å². The summed E-state index contributed by atoms with van der Waals surface area (Å²) in [6.07, 6.45) is 3.54. The Hall–Kier alpha value is -1.07. The van der Waals surface area contributed by atoms with Crippen LogP contribution in [0, 0.1) is 0 Å². The number of hydrogen-bond donors (Lipinski definition) is 0. The SMILES string of the molecule is O=C(Cc1ccccn1)c1ncc(Br)cc1Br. The van der Waals surface area contributed by atoms with Gasteiger partial charge in [-0.05, 0) is 50.1 Å². The van der Waals surface area contributed by atoms with Gasteiger partial charge in [0.15, 0.2) is 5.78 Å². The highest BCUT2D eigenvalue weighted by Gasteiger charge is 2.13. The number of carbonyl (C=O) groups excluding carboxylic acids is 1. The number of aromatic nitrogens is 2. The van der Waals surface area contributed by atoms with E-state index in [-0.39, 0.29) is 12.2 Å². The van der Waals surface area contributed by atoms with Gasteiger partial charge in [0.05, 0.1) is 6.42 Å². The first-order valence-electron chi connectivity index (χ1n) is 4.91. The fourth-order valence-corrected chi connectivity index (χ4v) is 2.58. The zero-order chi connectivity index (χ0) is 12.3. The van der Waals surface area contributed by atoms with Crippen LogP contribution in [0.1, 0.15) is 16.2 Å². The predicted molar refractivity (Wildman–Crippen MR) is 71.9 cm³/mol. The summed E-state index contributed by atoms with van der Waals surface area (Å²) in [4.78, 5) is 20.2. The minimum absolute atomic E-state index is 0.0527. The van der Waals surface area contributed by atoms with E-state index in [0.29, 0.717) is 10.2 Å². The van der Waals surface area contributed by atoms with Crippen molar-refractivity contribution < 1.29 is 4.79 Å². The van der Waals surface area contributed by atoms with Crippen LogP contribution in [0.3, 0.4) is 0 Å². The number of hydrogen-bond acceptors (Lipinski definition) is 3. The summed E-state index contributed by atoms with van der Waals surface area (Å²) in [7, 11) is 0. The Labute approximate surface area is 116 Å². The van der Waals surface area contributed by atoms with Crippen LogP contribution in [0.25, 0.3) is 0 Å². The lowest BCUT2D eigenvalue weighted by Crippen LogP contribution is -2.07. The molecule has 0 aromatic carbocycles. The van der Waals surface area contributed by atoms with Crippen molar-refractivity contribution >= 4 is 37.6 Å². The molecule has 3 nitrogen and oxygen atoms in total. The normalized spacial score (nSPS) is 10.2. The van der Waals surface area contributed by atoms with Crippen LogP contribution in [0.4, 0.5) is 0 Å². The van der Waals surface area contributed by atoms with E-state index in [0.717, 1.165) is 10.2 Å². The molecule has 0 saturated carbocycles. The first-order valence-corrected chi connectivity index (χ1v) is 6.49. The molecule has 0 spiro atoms. The van der Waals surface area contributed by atoms with E-state index in [1.54, 1.807) is 18.5 Å². The lowest BCUT2D eigenvalue weighted by Gasteiger charge is -2.03. The monoisotopic (exact) mass is 354 g/mol. The maximum Gasteiger partial charge on any atom is 0.188 e. The molecule has 0 aliphatic heterocycles. The molecule has 0 amide bonds. The first kappa shape index (κ1) is 12.4. The van der Waals surface area contributed by atoms with Crippen molar-refractivity contribution in [3.05, 3.63) is 57.0 Å². The lowest BCUT2D eigenvalue weighted by molar-refractivity contribution is 0.0986. The summed E-state index contributed by atoms with van der Waals surface area (Å²) < 4.78 is 1.52. The molecule has 0 aliphatic carbocycles. The Morgan fingerprint density at radius 2 is 2.06 bits per heavy atom. The van der Waals surface area contributed by atoms with Gasteiger partial charge in [-0.15, -0.1) is 0 Å². The molecule has 0 saturated heterocycles. The molecule has 0 fully saturated rings. The minimum Gasteiger partial charge on any atom is -0.292 e. The fraction of sp³-hybridized carbons (Fsp3) is 0.0833. The van der Waals surface area contributed by atoms with E-state index in [4.69, 9.17) is 0 Å².